The normalized spacial score (nSPS) is 14.5. The third-order valence-corrected chi connectivity index (χ3v) is 5.53. The van der Waals surface area contributed by atoms with E-state index in [9.17, 15) is 4.79 Å². The third kappa shape index (κ3) is 5.23. The van der Waals surface area contributed by atoms with Crippen LogP contribution in [0.5, 0.6) is 0 Å². The van der Waals surface area contributed by atoms with Gasteiger partial charge in [-0.2, -0.15) is 0 Å². The van der Waals surface area contributed by atoms with Crippen LogP contribution in [0.15, 0.2) is 54.6 Å². The maximum absolute atomic E-state index is 12.6. The molecule has 1 aliphatic rings. The smallest absolute Gasteiger partial charge is 0.240 e. The molecule has 2 aromatic carbocycles. The molecule has 0 aliphatic carbocycles. The van der Waals surface area contributed by atoms with Crippen LogP contribution in [0.2, 0.25) is 5.02 Å². The van der Waals surface area contributed by atoms with Gasteiger partial charge < -0.3 is 0 Å². The second kappa shape index (κ2) is 9.37. The van der Waals surface area contributed by atoms with E-state index < -0.39 is 0 Å². The summed E-state index contributed by atoms with van der Waals surface area (Å²) in [6.07, 6.45) is 3.53. The van der Waals surface area contributed by atoms with Crippen molar-refractivity contribution in [3.05, 3.63) is 65.2 Å². The maximum Gasteiger partial charge on any atom is 0.240 e. The summed E-state index contributed by atoms with van der Waals surface area (Å²) in [5.41, 5.74) is 4.58. The number of nitrogens with one attached hydrogen (secondary N) is 1. The first-order chi connectivity index (χ1) is 14.6. The SMILES string of the molecule is Cc1ccc(-c2cc(-c3ccc(Cl)cc3)nc(NC(=O)CN3CCCCC3)n2)cc1. The monoisotopic (exact) mass is 420 g/mol. The molecule has 1 saturated heterocycles. The highest BCUT2D eigenvalue weighted by Gasteiger charge is 2.16. The number of nitrogens with zero attached hydrogens (tertiary/aromatic N) is 3. The number of hydrogen-bond acceptors (Lipinski definition) is 4. The van der Waals surface area contributed by atoms with Gasteiger partial charge in [-0.25, -0.2) is 9.97 Å². The first-order valence-corrected chi connectivity index (χ1v) is 10.7. The Balaban J connectivity index is 1.63. The summed E-state index contributed by atoms with van der Waals surface area (Å²) in [6, 6.07) is 17.6. The van der Waals surface area contributed by atoms with E-state index in [2.05, 4.69) is 27.1 Å². The molecule has 1 amide bonds. The zero-order valence-electron chi connectivity index (χ0n) is 17.1. The van der Waals surface area contributed by atoms with E-state index in [-0.39, 0.29) is 5.91 Å². The van der Waals surface area contributed by atoms with Gasteiger partial charge in [-0.3, -0.25) is 15.0 Å². The summed E-state index contributed by atoms with van der Waals surface area (Å²) < 4.78 is 0. The van der Waals surface area contributed by atoms with Crippen LogP contribution in [0.3, 0.4) is 0 Å². The fraction of sp³-hybridized carbons (Fsp3) is 0.292. The summed E-state index contributed by atoms with van der Waals surface area (Å²) in [4.78, 5) is 24.0. The number of benzene rings is 2. The third-order valence-electron chi connectivity index (χ3n) is 5.28. The predicted octanol–water partition coefficient (Wildman–Crippen LogP) is 5.20. The fourth-order valence-corrected chi connectivity index (χ4v) is 3.75. The van der Waals surface area contributed by atoms with Crippen LogP contribution in [0, 0.1) is 6.92 Å². The molecule has 154 valence electrons. The van der Waals surface area contributed by atoms with Crippen LogP contribution >= 0.6 is 11.6 Å². The molecule has 2 heterocycles. The van der Waals surface area contributed by atoms with Crippen molar-refractivity contribution in [1.29, 1.82) is 0 Å². The molecule has 0 spiro atoms. The number of piperidine rings is 1. The Hall–Kier alpha value is -2.76. The van der Waals surface area contributed by atoms with Gasteiger partial charge in [-0.05, 0) is 51.1 Å². The lowest BCUT2D eigenvalue weighted by Crippen LogP contribution is -2.37. The average Bonchev–Trinajstić information content (AvgIpc) is 2.75. The molecule has 4 rings (SSSR count). The van der Waals surface area contributed by atoms with Crippen LogP contribution in [0.25, 0.3) is 22.5 Å². The summed E-state index contributed by atoms with van der Waals surface area (Å²) in [5, 5.41) is 3.57. The number of aryl methyl sites for hydroxylation is 1. The van der Waals surface area contributed by atoms with Gasteiger partial charge >= 0.3 is 0 Å². The Kier molecular flexibility index (Phi) is 6.41. The fourth-order valence-electron chi connectivity index (χ4n) is 3.63. The molecule has 0 bridgehead atoms. The van der Waals surface area contributed by atoms with Crippen molar-refractivity contribution >= 4 is 23.5 Å². The second-order valence-electron chi connectivity index (χ2n) is 7.72. The van der Waals surface area contributed by atoms with Crippen molar-refractivity contribution < 1.29 is 4.79 Å². The van der Waals surface area contributed by atoms with E-state index in [0.717, 1.165) is 48.4 Å². The number of anilines is 1. The average molecular weight is 421 g/mol. The quantitative estimate of drug-likeness (QED) is 0.616. The van der Waals surface area contributed by atoms with Gasteiger partial charge in [0.2, 0.25) is 11.9 Å². The molecule has 0 radical (unpaired) electrons. The molecule has 0 saturated carbocycles. The molecule has 1 fully saturated rings. The molecule has 3 aromatic rings. The van der Waals surface area contributed by atoms with Crippen LogP contribution in [0.4, 0.5) is 5.95 Å². The van der Waals surface area contributed by atoms with Crippen molar-refractivity contribution in [3.8, 4) is 22.5 Å². The lowest BCUT2D eigenvalue weighted by atomic mass is 10.1. The first-order valence-electron chi connectivity index (χ1n) is 10.3. The molecule has 5 nitrogen and oxygen atoms in total. The van der Waals surface area contributed by atoms with Crippen LogP contribution in [0.1, 0.15) is 24.8 Å². The minimum absolute atomic E-state index is 0.0833. The molecular formula is C24H25ClN4O. The molecule has 6 heteroatoms. The van der Waals surface area contributed by atoms with E-state index in [4.69, 9.17) is 11.6 Å². The number of carbonyl (C=O) groups excluding carboxylic acids is 1. The number of halogens is 1. The highest BCUT2D eigenvalue weighted by Crippen LogP contribution is 2.26. The summed E-state index contributed by atoms with van der Waals surface area (Å²) in [7, 11) is 0. The molecule has 1 aromatic heterocycles. The van der Waals surface area contributed by atoms with E-state index in [1.54, 1.807) is 0 Å². The molecule has 1 aliphatic heterocycles. The zero-order chi connectivity index (χ0) is 20.9. The predicted molar refractivity (Wildman–Crippen MR) is 122 cm³/mol. The molecular weight excluding hydrogens is 396 g/mol. The first kappa shape index (κ1) is 20.5. The Morgan fingerprint density at radius 3 is 2.10 bits per heavy atom. The van der Waals surface area contributed by atoms with Crippen molar-refractivity contribution in [2.75, 3.05) is 25.0 Å². The Morgan fingerprint density at radius 1 is 0.933 bits per heavy atom. The number of hydrogen-bond donors (Lipinski definition) is 1. The molecule has 1 N–H and O–H groups in total. The Bertz CT molecular complexity index is 949. The number of likely N-dealkylation sites (tertiary alicyclic amines) is 1. The Morgan fingerprint density at radius 2 is 1.50 bits per heavy atom. The van der Waals surface area contributed by atoms with Crippen molar-refractivity contribution in [2.24, 2.45) is 0 Å². The molecule has 30 heavy (non-hydrogen) atoms. The minimum Gasteiger partial charge on any atom is -0.295 e. The van der Waals surface area contributed by atoms with Crippen LogP contribution in [-0.2, 0) is 4.79 Å². The van der Waals surface area contributed by atoms with Crippen LogP contribution < -0.4 is 5.32 Å². The van der Waals surface area contributed by atoms with Gasteiger partial charge in [0.25, 0.3) is 0 Å². The zero-order valence-corrected chi connectivity index (χ0v) is 17.8. The number of amides is 1. The number of rotatable bonds is 5. The molecule has 0 atom stereocenters. The van der Waals surface area contributed by atoms with Gasteiger partial charge in [-0.15, -0.1) is 0 Å². The van der Waals surface area contributed by atoms with Crippen molar-refractivity contribution in [2.45, 2.75) is 26.2 Å². The van der Waals surface area contributed by atoms with E-state index in [0.29, 0.717) is 17.5 Å². The van der Waals surface area contributed by atoms with E-state index >= 15 is 0 Å². The lowest BCUT2D eigenvalue weighted by molar-refractivity contribution is -0.117. The Labute approximate surface area is 182 Å². The number of carbonyl (C=O) groups is 1. The van der Waals surface area contributed by atoms with Crippen LogP contribution in [-0.4, -0.2) is 40.4 Å². The van der Waals surface area contributed by atoms with Gasteiger partial charge in [0.15, 0.2) is 0 Å². The molecule has 0 unspecified atom stereocenters. The van der Waals surface area contributed by atoms with Gasteiger partial charge in [0, 0.05) is 16.1 Å². The minimum atomic E-state index is -0.0833. The highest BCUT2D eigenvalue weighted by molar-refractivity contribution is 6.30. The van der Waals surface area contributed by atoms with Crippen molar-refractivity contribution in [3.63, 3.8) is 0 Å². The lowest BCUT2D eigenvalue weighted by Gasteiger charge is -2.25. The largest absolute Gasteiger partial charge is 0.295 e. The van der Waals surface area contributed by atoms with E-state index in [1.807, 2.05) is 54.6 Å². The summed E-state index contributed by atoms with van der Waals surface area (Å²) >= 11 is 6.04. The standard InChI is InChI=1S/C24H25ClN4O/c1-17-5-7-18(8-6-17)21-15-22(19-9-11-20(25)12-10-19)27-24(26-21)28-23(30)16-29-13-3-2-4-14-29/h5-12,15H,2-4,13-14,16H2,1H3,(H,26,27,28,30). The maximum atomic E-state index is 12.6. The van der Waals surface area contributed by atoms with Gasteiger partial charge in [0.1, 0.15) is 0 Å². The summed E-state index contributed by atoms with van der Waals surface area (Å²) in [6.45, 7) is 4.35. The summed E-state index contributed by atoms with van der Waals surface area (Å²) in [5.74, 6) is 0.236. The van der Waals surface area contributed by atoms with Gasteiger partial charge in [-0.1, -0.05) is 60.0 Å². The van der Waals surface area contributed by atoms with E-state index in [1.165, 1.54) is 12.0 Å². The number of aromatic nitrogens is 2. The van der Waals surface area contributed by atoms with Gasteiger partial charge in [0.05, 0.1) is 17.9 Å². The highest BCUT2D eigenvalue weighted by atomic mass is 35.5. The van der Waals surface area contributed by atoms with Crippen molar-refractivity contribution in [1.82, 2.24) is 14.9 Å². The second-order valence-corrected chi connectivity index (χ2v) is 8.16. The topological polar surface area (TPSA) is 58.1 Å².